The molecule has 2 aliphatic rings. The summed E-state index contributed by atoms with van der Waals surface area (Å²) in [4.78, 5) is 41.3. The Labute approximate surface area is 188 Å². The van der Waals surface area contributed by atoms with Crippen LogP contribution in [0.3, 0.4) is 0 Å². The number of rotatable bonds is 6. The second-order valence-corrected chi connectivity index (χ2v) is 7.97. The maximum Gasteiger partial charge on any atom is 0.409 e. The molecule has 1 fully saturated rings. The number of amides is 3. The summed E-state index contributed by atoms with van der Waals surface area (Å²) in [5.74, 6) is -0.453. The van der Waals surface area contributed by atoms with Gasteiger partial charge >= 0.3 is 18.1 Å². The van der Waals surface area contributed by atoms with E-state index in [1.807, 2.05) is 32.0 Å². The Kier molecular flexibility index (Phi) is 7.74. The third-order valence-corrected chi connectivity index (χ3v) is 5.67. The fraction of sp³-hybridized carbons (Fsp3) is 0.522. The van der Waals surface area contributed by atoms with Crippen molar-refractivity contribution in [1.29, 1.82) is 0 Å². The lowest BCUT2D eigenvalue weighted by Gasteiger charge is -2.36. The van der Waals surface area contributed by atoms with Crippen molar-refractivity contribution >= 4 is 18.1 Å². The Morgan fingerprint density at radius 2 is 1.75 bits per heavy atom. The minimum Gasteiger partial charge on any atom is -0.463 e. The van der Waals surface area contributed by atoms with Crippen LogP contribution in [0.4, 0.5) is 9.59 Å². The first-order chi connectivity index (χ1) is 15.3. The minimum atomic E-state index is -0.599. The van der Waals surface area contributed by atoms with E-state index in [1.54, 1.807) is 18.7 Å². The topological polar surface area (TPSA) is 100 Å². The van der Waals surface area contributed by atoms with Gasteiger partial charge in [-0.1, -0.05) is 23.8 Å². The molecule has 3 amide bonds. The summed E-state index contributed by atoms with van der Waals surface area (Å²) < 4.78 is 10.4. The van der Waals surface area contributed by atoms with Gasteiger partial charge in [0.05, 0.1) is 24.8 Å². The van der Waals surface area contributed by atoms with Crippen molar-refractivity contribution < 1.29 is 23.9 Å². The van der Waals surface area contributed by atoms with E-state index in [0.717, 1.165) is 16.7 Å². The molecule has 0 aromatic heterocycles. The average Bonchev–Trinajstić information content (AvgIpc) is 2.76. The zero-order valence-corrected chi connectivity index (χ0v) is 19.2. The molecule has 0 spiro atoms. The smallest absolute Gasteiger partial charge is 0.409 e. The number of nitrogens with zero attached hydrogens (tertiary/aromatic N) is 2. The molecule has 0 radical (unpaired) electrons. The van der Waals surface area contributed by atoms with Crippen LogP contribution in [-0.2, 0) is 14.3 Å². The highest BCUT2D eigenvalue weighted by molar-refractivity contribution is 5.95. The van der Waals surface area contributed by atoms with Gasteiger partial charge in [-0.05, 0) is 38.8 Å². The Balaban J connectivity index is 1.88. The quantitative estimate of drug-likeness (QED) is 0.653. The highest BCUT2D eigenvalue weighted by Gasteiger charge is 2.35. The number of hydrogen-bond donors (Lipinski definition) is 2. The van der Waals surface area contributed by atoms with E-state index >= 15 is 0 Å². The van der Waals surface area contributed by atoms with Crippen molar-refractivity contribution in [3.8, 4) is 0 Å². The number of carbonyl (C=O) groups excluding carboxylic acids is 3. The lowest BCUT2D eigenvalue weighted by atomic mass is 9.91. The molecule has 9 nitrogen and oxygen atoms in total. The van der Waals surface area contributed by atoms with Crippen molar-refractivity contribution in [1.82, 2.24) is 20.4 Å². The summed E-state index contributed by atoms with van der Waals surface area (Å²) in [6.07, 6.45) is -0.316. The van der Waals surface area contributed by atoms with Crippen LogP contribution in [0.5, 0.6) is 0 Å². The second-order valence-electron chi connectivity index (χ2n) is 7.97. The van der Waals surface area contributed by atoms with Crippen molar-refractivity contribution in [2.75, 3.05) is 45.9 Å². The van der Waals surface area contributed by atoms with Crippen molar-refractivity contribution in [3.05, 3.63) is 46.2 Å². The SMILES string of the molecule is CCOC(=O)C1=C(CN2CCN(C(=O)OCC)CC2)NC(=O)N[C@@H]1c1cc(C)ccc1C. The molecular weight excluding hydrogens is 412 g/mol. The predicted molar refractivity (Wildman–Crippen MR) is 119 cm³/mol. The summed E-state index contributed by atoms with van der Waals surface area (Å²) in [6.45, 7) is 10.7. The summed E-state index contributed by atoms with van der Waals surface area (Å²) in [5.41, 5.74) is 3.83. The number of esters is 1. The van der Waals surface area contributed by atoms with Crippen LogP contribution in [-0.4, -0.2) is 73.8 Å². The highest BCUT2D eigenvalue weighted by Crippen LogP contribution is 2.31. The molecular formula is C23H32N4O5. The third-order valence-electron chi connectivity index (χ3n) is 5.67. The number of piperazine rings is 1. The number of ether oxygens (including phenoxy) is 2. The van der Waals surface area contributed by atoms with Gasteiger partial charge in [-0.25, -0.2) is 14.4 Å². The summed E-state index contributed by atoms with van der Waals surface area (Å²) in [6, 6.07) is 5.01. The normalized spacial score (nSPS) is 19.3. The Morgan fingerprint density at radius 1 is 1.06 bits per heavy atom. The van der Waals surface area contributed by atoms with Gasteiger partial charge in [0.1, 0.15) is 0 Å². The molecule has 2 aliphatic heterocycles. The molecule has 1 aromatic carbocycles. The van der Waals surface area contributed by atoms with Gasteiger partial charge in [-0.2, -0.15) is 0 Å². The first-order valence-electron chi connectivity index (χ1n) is 11.0. The van der Waals surface area contributed by atoms with E-state index in [-0.39, 0.29) is 18.7 Å². The molecule has 1 atom stereocenters. The van der Waals surface area contributed by atoms with Gasteiger partial charge in [0.25, 0.3) is 0 Å². The molecule has 0 bridgehead atoms. The van der Waals surface area contributed by atoms with E-state index in [4.69, 9.17) is 9.47 Å². The largest absolute Gasteiger partial charge is 0.463 e. The number of nitrogens with one attached hydrogen (secondary N) is 2. The molecule has 2 N–H and O–H groups in total. The van der Waals surface area contributed by atoms with E-state index in [1.165, 1.54) is 0 Å². The lowest BCUT2D eigenvalue weighted by Crippen LogP contribution is -2.52. The molecule has 3 rings (SSSR count). The molecule has 2 heterocycles. The van der Waals surface area contributed by atoms with Crippen molar-refractivity contribution in [3.63, 3.8) is 0 Å². The van der Waals surface area contributed by atoms with Gasteiger partial charge in [0.2, 0.25) is 0 Å². The first kappa shape index (κ1) is 23.6. The minimum absolute atomic E-state index is 0.237. The van der Waals surface area contributed by atoms with Gasteiger partial charge in [-0.15, -0.1) is 0 Å². The fourth-order valence-corrected chi connectivity index (χ4v) is 4.02. The van der Waals surface area contributed by atoms with E-state index in [2.05, 4.69) is 15.5 Å². The third kappa shape index (κ3) is 5.40. The summed E-state index contributed by atoms with van der Waals surface area (Å²) >= 11 is 0. The second kappa shape index (κ2) is 10.5. The van der Waals surface area contributed by atoms with Crippen LogP contribution in [0, 0.1) is 13.8 Å². The molecule has 0 aliphatic carbocycles. The highest BCUT2D eigenvalue weighted by atomic mass is 16.6. The van der Waals surface area contributed by atoms with Gasteiger partial charge in [0, 0.05) is 38.4 Å². The van der Waals surface area contributed by atoms with Crippen molar-refractivity contribution in [2.24, 2.45) is 0 Å². The van der Waals surface area contributed by atoms with Crippen LogP contribution in [0.15, 0.2) is 29.5 Å². The summed E-state index contributed by atoms with van der Waals surface area (Å²) in [5, 5.41) is 5.72. The standard InChI is InChI=1S/C23H32N4O5/c1-5-31-21(28)19-18(14-26-9-11-27(12-10-26)23(30)32-6-2)24-22(29)25-20(19)17-13-15(3)7-8-16(17)4/h7-8,13,20H,5-6,9-12,14H2,1-4H3,(H2,24,25,29)/t20-/m1/s1. The number of benzene rings is 1. The van der Waals surface area contributed by atoms with Gasteiger partial charge in [0.15, 0.2) is 0 Å². The number of carbonyl (C=O) groups is 3. The fourth-order valence-electron chi connectivity index (χ4n) is 4.02. The number of urea groups is 1. The Bertz CT molecular complexity index is 906. The molecule has 9 heteroatoms. The predicted octanol–water partition coefficient (Wildman–Crippen LogP) is 2.25. The van der Waals surface area contributed by atoms with Gasteiger partial charge < -0.3 is 25.0 Å². The van der Waals surface area contributed by atoms with Crippen LogP contribution >= 0.6 is 0 Å². The maximum absolute atomic E-state index is 13.0. The lowest BCUT2D eigenvalue weighted by molar-refractivity contribution is -0.139. The molecule has 1 saturated heterocycles. The zero-order chi connectivity index (χ0) is 23.3. The molecule has 0 saturated carbocycles. The molecule has 1 aromatic rings. The molecule has 0 unspecified atom stereocenters. The van der Waals surface area contributed by atoms with Crippen LogP contribution in [0.2, 0.25) is 0 Å². The van der Waals surface area contributed by atoms with Gasteiger partial charge in [-0.3, -0.25) is 4.90 Å². The molecule has 32 heavy (non-hydrogen) atoms. The Hall–Kier alpha value is -3.07. The number of aryl methyl sites for hydroxylation is 2. The maximum atomic E-state index is 13.0. The van der Waals surface area contributed by atoms with Crippen molar-refractivity contribution in [2.45, 2.75) is 33.7 Å². The average molecular weight is 445 g/mol. The van der Waals surface area contributed by atoms with E-state index in [9.17, 15) is 14.4 Å². The monoisotopic (exact) mass is 444 g/mol. The first-order valence-corrected chi connectivity index (χ1v) is 11.0. The van der Waals surface area contributed by atoms with Crippen LogP contribution < -0.4 is 10.6 Å². The molecule has 174 valence electrons. The van der Waals surface area contributed by atoms with Crippen LogP contribution in [0.25, 0.3) is 0 Å². The van der Waals surface area contributed by atoms with E-state index < -0.39 is 12.0 Å². The number of hydrogen-bond acceptors (Lipinski definition) is 6. The summed E-state index contributed by atoms with van der Waals surface area (Å²) in [7, 11) is 0. The zero-order valence-electron chi connectivity index (χ0n) is 19.2. The Morgan fingerprint density at radius 3 is 2.41 bits per heavy atom. The van der Waals surface area contributed by atoms with E-state index in [0.29, 0.717) is 50.6 Å². The van der Waals surface area contributed by atoms with Crippen LogP contribution in [0.1, 0.15) is 36.6 Å².